The molecule has 2 N–H and O–H groups in total. The van der Waals surface area contributed by atoms with Gasteiger partial charge in [-0.3, -0.25) is 9.78 Å². The average Bonchev–Trinajstić information content (AvgIpc) is 2.90. The molecule has 0 saturated carbocycles. The molecule has 0 unspecified atom stereocenters. The summed E-state index contributed by atoms with van der Waals surface area (Å²) in [7, 11) is 1.62. The number of anilines is 1. The molecule has 0 atom stereocenters. The molecule has 1 amide bonds. The highest BCUT2D eigenvalue weighted by atomic mass is 16.5. The Morgan fingerprint density at radius 2 is 1.94 bits per heavy atom. The quantitative estimate of drug-likeness (QED) is 0.282. The fraction of sp³-hybridized carbons (Fsp3) is 0.379. The second-order valence-electron chi connectivity index (χ2n) is 8.80. The number of nitrogens with one attached hydrogen (secondary N) is 2. The lowest BCUT2D eigenvalue weighted by molar-refractivity contribution is -0.116. The fourth-order valence-corrected chi connectivity index (χ4v) is 4.44. The van der Waals surface area contributed by atoms with Gasteiger partial charge in [-0.05, 0) is 73.9 Å². The first-order valence-electron chi connectivity index (χ1n) is 12.6. The van der Waals surface area contributed by atoms with E-state index in [9.17, 15) is 4.79 Å². The van der Waals surface area contributed by atoms with Gasteiger partial charge in [0.2, 0.25) is 5.91 Å². The molecule has 3 aromatic rings. The minimum atomic E-state index is -0.109. The first-order chi connectivity index (χ1) is 17.2. The molecular formula is C29H35N3O3. The molecule has 1 aliphatic carbocycles. The van der Waals surface area contributed by atoms with E-state index >= 15 is 0 Å². The van der Waals surface area contributed by atoms with Crippen LogP contribution in [0.3, 0.4) is 0 Å². The number of methoxy groups -OCH3 is 1. The van der Waals surface area contributed by atoms with Gasteiger partial charge in [0.25, 0.3) is 0 Å². The van der Waals surface area contributed by atoms with Crippen LogP contribution in [0.25, 0.3) is 17.0 Å². The van der Waals surface area contributed by atoms with E-state index in [4.69, 9.17) is 14.5 Å². The van der Waals surface area contributed by atoms with E-state index in [1.807, 2.05) is 24.3 Å². The number of para-hydroxylation sites is 1. The Balaban J connectivity index is 1.28. The number of aryl methyl sites for hydroxylation is 1. The Hall–Kier alpha value is -3.54. The number of rotatable bonds is 11. The number of aromatic nitrogens is 1. The second kappa shape index (κ2) is 12.2. The Labute approximate surface area is 207 Å². The van der Waals surface area contributed by atoms with Crippen LogP contribution in [0.5, 0.6) is 11.5 Å². The number of nitrogens with zero attached hydrogens (tertiary/aromatic N) is 1. The zero-order valence-corrected chi connectivity index (χ0v) is 20.7. The van der Waals surface area contributed by atoms with Gasteiger partial charge in [-0.2, -0.15) is 0 Å². The summed E-state index contributed by atoms with van der Waals surface area (Å²) in [5, 5.41) is 7.80. The molecule has 4 rings (SSSR count). The molecule has 1 heterocycles. The van der Waals surface area contributed by atoms with Crippen LogP contribution in [0.15, 0.2) is 48.5 Å². The Morgan fingerprint density at radius 1 is 1.09 bits per heavy atom. The van der Waals surface area contributed by atoms with Gasteiger partial charge in [0.15, 0.2) is 11.5 Å². The summed E-state index contributed by atoms with van der Waals surface area (Å²) in [6.45, 7) is 4.10. The molecule has 0 radical (unpaired) electrons. The summed E-state index contributed by atoms with van der Waals surface area (Å²) in [6, 6.07) is 14.0. The third-order valence-electron chi connectivity index (χ3n) is 6.20. The number of hydrogen-bond donors (Lipinski definition) is 2. The molecule has 6 nitrogen and oxygen atoms in total. The van der Waals surface area contributed by atoms with E-state index in [1.165, 1.54) is 35.2 Å². The molecular weight excluding hydrogens is 438 g/mol. The monoisotopic (exact) mass is 473 g/mol. The first-order valence-corrected chi connectivity index (χ1v) is 12.6. The van der Waals surface area contributed by atoms with Crippen molar-refractivity contribution >= 4 is 28.6 Å². The average molecular weight is 474 g/mol. The number of amides is 1. The SMILES string of the molecule is CCCOc1ccc(/C=C/C(=O)NCCCNc2c3c(nc4ccccc24)CCCC3)cc1OC. The number of benzene rings is 2. The zero-order chi connectivity index (χ0) is 24.5. The number of fused-ring (bicyclic) bond motifs is 2. The highest BCUT2D eigenvalue weighted by Crippen LogP contribution is 2.33. The number of carbonyl (C=O) groups excluding carboxylic acids is 1. The van der Waals surface area contributed by atoms with E-state index in [2.05, 4.69) is 35.8 Å². The number of carbonyl (C=O) groups is 1. The number of ether oxygens (including phenoxy) is 2. The lowest BCUT2D eigenvalue weighted by atomic mass is 9.92. The smallest absolute Gasteiger partial charge is 0.244 e. The van der Waals surface area contributed by atoms with Crippen LogP contribution in [-0.4, -0.2) is 37.7 Å². The molecule has 2 aromatic carbocycles. The van der Waals surface area contributed by atoms with Crippen molar-refractivity contribution in [1.82, 2.24) is 10.3 Å². The fourth-order valence-electron chi connectivity index (χ4n) is 4.44. The number of hydrogen-bond acceptors (Lipinski definition) is 5. The summed E-state index contributed by atoms with van der Waals surface area (Å²) in [6.07, 6.45) is 9.66. The zero-order valence-electron chi connectivity index (χ0n) is 20.7. The maximum absolute atomic E-state index is 12.3. The van der Waals surface area contributed by atoms with Crippen LogP contribution in [0, 0.1) is 0 Å². The predicted molar refractivity (Wildman–Crippen MR) is 142 cm³/mol. The van der Waals surface area contributed by atoms with Crippen LogP contribution >= 0.6 is 0 Å². The molecule has 0 saturated heterocycles. The summed E-state index contributed by atoms with van der Waals surface area (Å²) in [4.78, 5) is 17.2. The summed E-state index contributed by atoms with van der Waals surface area (Å²) in [5.74, 6) is 1.27. The van der Waals surface area contributed by atoms with Crippen molar-refractivity contribution in [3.63, 3.8) is 0 Å². The van der Waals surface area contributed by atoms with Crippen molar-refractivity contribution < 1.29 is 14.3 Å². The van der Waals surface area contributed by atoms with Crippen LogP contribution in [0.2, 0.25) is 0 Å². The van der Waals surface area contributed by atoms with E-state index < -0.39 is 0 Å². The first kappa shape index (κ1) is 24.6. The minimum absolute atomic E-state index is 0.109. The van der Waals surface area contributed by atoms with Gasteiger partial charge in [-0.25, -0.2) is 0 Å². The third kappa shape index (κ3) is 6.32. The highest BCUT2D eigenvalue weighted by molar-refractivity contribution is 5.93. The van der Waals surface area contributed by atoms with Crippen molar-refractivity contribution in [2.75, 3.05) is 32.1 Å². The van der Waals surface area contributed by atoms with E-state index in [0.717, 1.165) is 43.3 Å². The second-order valence-corrected chi connectivity index (χ2v) is 8.80. The lowest BCUT2D eigenvalue weighted by Gasteiger charge is -2.21. The molecule has 0 spiro atoms. The predicted octanol–water partition coefficient (Wildman–Crippen LogP) is 5.54. The lowest BCUT2D eigenvalue weighted by Crippen LogP contribution is -2.24. The van der Waals surface area contributed by atoms with Gasteiger partial charge < -0.3 is 20.1 Å². The number of pyridine rings is 1. The maximum atomic E-state index is 12.3. The van der Waals surface area contributed by atoms with Crippen molar-refractivity contribution in [2.24, 2.45) is 0 Å². The van der Waals surface area contributed by atoms with E-state index in [1.54, 1.807) is 19.3 Å². The molecule has 0 aliphatic heterocycles. The third-order valence-corrected chi connectivity index (χ3v) is 6.20. The Morgan fingerprint density at radius 3 is 2.80 bits per heavy atom. The molecule has 6 heteroatoms. The van der Waals surface area contributed by atoms with Crippen LogP contribution in [0.1, 0.15) is 49.4 Å². The molecule has 184 valence electrons. The molecule has 35 heavy (non-hydrogen) atoms. The largest absolute Gasteiger partial charge is 0.493 e. The van der Waals surface area contributed by atoms with Crippen molar-refractivity contribution in [1.29, 1.82) is 0 Å². The normalized spacial score (nSPS) is 13.0. The van der Waals surface area contributed by atoms with Crippen molar-refractivity contribution in [3.8, 4) is 11.5 Å². The van der Waals surface area contributed by atoms with Crippen LogP contribution < -0.4 is 20.1 Å². The van der Waals surface area contributed by atoms with Crippen LogP contribution in [-0.2, 0) is 17.6 Å². The summed E-state index contributed by atoms with van der Waals surface area (Å²) in [5.41, 5.74) is 5.75. The molecule has 0 bridgehead atoms. The molecule has 1 aromatic heterocycles. The highest BCUT2D eigenvalue weighted by Gasteiger charge is 2.17. The Kier molecular flexibility index (Phi) is 8.60. The molecule has 1 aliphatic rings. The van der Waals surface area contributed by atoms with Crippen molar-refractivity contribution in [3.05, 3.63) is 65.4 Å². The van der Waals surface area contributed by atoms with Gasteiger partial charge in [0.1, 0.15) is 0 Å². The van der Waals surface area contributed by atoms with Crippen molar-refractivity contribution in [2.45, 2.75) is 45.4 Å². The summed E-state index contributed by atoms with van der Waals surface area (Å²) >= 11 is 0. The van der Waals surface area contributed by atoms with Gasteiger partial charge in [0.05, 0.1) is 19.2 Å². The van der Waals surface area contributed by atoms with Gasteiger partial charge in [-0.15, -0.1) is 0 Å². The van der Waals surface area contributed by atoms with E-state index in [0.29, 0.717) is 24.7 Å². The summed E-state index contributed by atoms with van der Waals surface area (Å²) < 4.78 is 11.1. The van der Waals surface area contributed by atoms with Gasteiger partial charge in [-0.1, -0.05) is 31.2 Å². The maximum Gasteiger partial charge on any atom is 0.244 e. The standard InChI is InChI=1S/C29H35N3O3/c1-3-19-35-26-15-13-21(20-27(26)34-2)14-16-28(33)30-17-8-18-31-29-22-9-4-6-11-24(22)32-25-12-7-5-10-23(25)29/h4,6,9,11,13-16,20H,3,5,7-8,10,12,17-19H2,1-2H3,(H,30,33)(H,31,32)/b16-14+. The Bertz CT molecular complexity index is 1190. The van der Waals surface area contributed by atoms with Crippen LogP contribution in [0.4, 0.5) is 5.69 Å². The van der Waals surface area contributed by atoms with Gasteiger partial charge >= 0.3 is 0 Å². The minimum Gasteiger partial charge on any atom is -0.493 e. The van der Waals surface area contributed by atoms with Gasteiger partial charge in [0, 0.05) is 35.9 Å². The topological polar surface area (TPSA) is 72.5 Å². The van der Waals surface area contributed by atoms with E-state index in [-0.39, 0.29) is 5.91 Å². The molecule has 0 fully saturated rings.